The summed E-state index contributed by atoms with van der Waals surface area (Å²) < 4.78 is 11.1. The van der Waals surface area contributed by atoms with Crippen LogP contribution >= 0.6 is 0 Å². The molecule has 0 fully saturated rings. The Morgan fingerprint density at radius 3 is 2.80 bits per heavy atom. The van der Waals surface area contributed by atoms with Crippen LogP contribution in [0.1, 0.15) is 48.7 Å². The molecule has 0 saturated heterocycles. The molecule has 0 saturated carbocycles. The van der Waals surface area contributed by atoms with Crippen LogP contribution in [0.2, 0.25) is 0 Å². The molecule has 2 aromatic rings. The minimum atomic E-state index is -0.250. The van der Waals surface area contributed by atoms with Crippen LogP contribution in [0.5, 0.6) is 5.75 Å². The van der Waals surface area contributed by atoms with Crippen molar-refractivity contribution < 1.29 is 9.15 Å². The van der Waals surface area contributed by atoms with Crippen molar-refractivity contribution in [3.8, 4) is 5.75 Å². The maximum absolute atomic E-state index is 5.71. The predicted octanol–water partition coefficient (Wildman–Crippen LogP) is 2.55. The topological polar surface area (TPSA) is 74.2 Å². The van der Waals surface area contributed by atoms with Gasteiger partial charge in [-0.2, -0.15) is 0 Å². The smallest absolute Gasteiger partial charge is 0.253 e. The van der Waals surface area contributed by atoms with Crippen molar-refractivity contribution in [2.45, 2.75) is 45.3 Å². The van der Waals surface area contributed by atoms with Crippen LogP contribution in [-0.2, 0) is 19.4 Å². The minimum Gasteiger partial charge on any atom is -0.484 e. The maximum atomic E-state index is 5.71. The van der Waals surface area contributed by atoms with Gasteiger partial charge in [-0.1, -0.05) is 6.07 Å². The van der Waals surface area contributed by atoms with E-state index in [1.54, 1.807) is 0 Å². The SMILES string of the molecule is CC(N)c1nnc(COc2ccc3c(c2)CCCC3)o1. The van der Waals surface area contributed by atoms with Gasteiger partial charge in [-0.15, -0.1) is 10.2 Å². The molecule has 0 radical (unpaired) electrons. The first-order chi connectivity index (χ1) is 9.72. The number of aromatic nitrogens is 2. The highest BCUT2D eigenvalue weighted by Crippen LogP contribution is 2.25. The fourth-order valence-corrected chi connectivity index (χ4v) is 2.45. The van der Waals surface area contributed by atoms with Crippen molar-refractivity contribution in [3.63, 3.8) is 0 Å². The molecule has 1 aliphatic rings. The van der Waals surface area contributed by atoms with Gasteiger partial charge in [-0.3, -0.25) is 0 Å². The number of ether oxygens (including phenoxy) is 1. The number of nitrogens with two attached hydrogens (primary N) is 1. The second-order valence-electron chi connectivity index (χ2n) is 5.25. The number of fused-ring (bicyclic) bond motifs is 1. The molecule has 0 bridgehead atoms. The van der Waals surface area contributed by atoms with Gasteiger partial charge >= 0.3 is 0 Å². The summed E-state index contributed by atoms with van der Waals surface area (Å²) in [6.45, 7) is 2.08. The minimum absolute atomic E-state index is 0.250. The van der Waals surface area contributed by atoms with Crippen LogP contribution < -0.4 is 10.5 Å². The molecule has 1 aromatic heterocycles. The largest absolute Gasteiger partial charge is 0.484 e. The maximum Gasteiger partial charge on any atom is 0.253 e. The summed E-state index contributed by atoms with van der Waals surface area (Å²) in [5.41, 5.74) is 8.52. The van der Waals surface area contributed by atoms with Crippen molar-refractivity contribution in [1.82, 2.24) is 10.2 Å². The zero-order chi connectivity index (χ0) is 13.9. The van der Waals surface area contributed by atoms with Gasteiger partial charge in [0.2, 0.25) is 5.89 Å². The number of rotatable bonds is 4. The first kappa shape index (κ1) is 13.1. The molecule has 20 heavy (non-hydrogen) atoms. The molecule has 106 valence electrons. The number of hydrogen-bond donors (Lipinski definition) is 1. The van der Waals surface area contributed by atoms with Gasteiger partial charge in [0.05, 0.1) is 6.04 Å². The molecule has 0 spiro atoms. The van der Waals surface area contributed by atoms with Crippen LogP contribution in [0.4, 0.5) is 0 Å². The van der Waals surface area contributed by atoms with Crippen molar-refractivity contribution in [2.24, 2.45) is 5.73 Å². The Morgan fingerprint density at radius 1 is 1.25 bits per heavy atom. The Balaban J connectivity index is 1.65. The average Bonchev–Trinajstić information content (AvgIpc) is 2.94. The van der Waals surface area contributed by atoms with E-state index in [9.17, 15) is 0 Å². The lowest BCUT2D eigenvalue weighted by molar-refractivity contribution is 0.256. The zero-order valence-electron chi connectivity index (χ0n) is 11.6. The lowest BCUT2D eigenvalue weighted by Gasteiger charge is -2.16. The fraction of sp³-hybridized carbons (Fsp3) is 0.467. The van der Waals surface area contributed by atoms with E-state index in [0.717, 1.165) is 12.2 Å². The van der Waals surface area contributed by atoms with Crippen LogP contribution in [0.25, 0.3) is 0 Å². The molecular formula is C15H19N3O2. The highest BCUT2D eigenvalue weighted by Gasteiger charge is 2.12. The van der Waals surface area contributed by atoms with E-state index >= 15 is 0 Å². The Hall–Kier alpha value is -1.88. The molecular weight excluding hydrogens is 254 g/mol. The van der Waals surface area contributed by atoms with Gasteiger partial charge < -0.3 is 14.9 Å². The second kappa shape index (κ2) is 5.63. The van der Waals surface area contributed by atoms with E-state index in [0.29, 0.717) is 11.8 Å². The van der Waals surface area contributed by atoms with Crippen LogP contribution in [0.3, 0.4) is 0 Å². The van der Waals surface area contributed by atoms with E-state index in [4.69, 9.17) is 14.9 Å². The first-order valence-electron chi connectivity index (χ1n) is 7.05. The van der Waals surface area contributed by atoms with Gasteiger partial charge in [0.25, 0.3) is 5.89 Å². The summed E-state index contributed by atoms with van der Waals surface area (Å²) in [6.07, 6.45) is 4.87. The van der Waals surface area contributed by atoms with Crippen molar-refractivity contribution in [2.75, 3.05) is 0 Å². The first-order valence-corrected chi connectivity index (χ1v) is 7.05. The number of aryl methyl sites for hydroxylation is 2. The Labute approximate surface area is 118 Å². The summed E-state index contributed by atoms with van der Waals surface area (Å²) in [4.78, 5) is 0. The third-order valence-corrected chi connectivity index (χ3v) is 3.55. The molecule has 2 N–H and O–H groups in total. The van der Waals surface area contributed by atoms with Crippen LogP contribution in [-0.4, -0.2) is 10.2 Å². The molecule has 1 aliphatic carbocycles. The standard InChI is InChI=1S/C15H19N3O2/c1-10(16)15-18-17-14(20-15)9-19-13-7-6-11-4-2-3-5-12(11)8-13/h6-8,10H,2-5,9,16H2,1H3. The molecule has 5 nitrogen and oxygen atoms in total. The molecule has 0 aliphatic heterocycles. The van der Waals surface area contributed by atoms with Gasteiger partial charge in [0, 0.05) is 0 Å². The fourth-order valence-electron chi connectivity index (χ4n) is 2.45. The quantitative estimate of drug-likeness (QED) is 0.926. The Bertz CT molecular complexity index is 593. The lowest BCUT2D eigenvalue weighted by Crippen LogP contribution is -2.04. The Kier molecular flexibility index (Phi) is 3.69. The second-order valence-corrected chi connectivity index (χ2v) is 5.25. The lowest BCUT2D eigenvalue weighted by atomic mass is 9.92. The number of nitrogens with zero attached hydrogens (tertiary/aromatic N) is 2. The molecule has 1 unspecified atom stereocenters. The summed E-state index contributed by atoms with van der Waals surface area (Å²) in [5.74, 6) is 1.75. The highest BCUT2D eigenvalue weighted by molar-refractivity contribution is 5.37. The van der Waals surface area contributed by atoms with Crippen molar-refractivity contribution >= 4 is 0 Å². The molecule has 1 heterocycles. The third-order valence-electron chi connectivity index (χ3n) is 3.55. The van der Waals surface area contributed by atoms with Gasteiger partial charge in [0.1, 0.15) is 5.75 Å². The third kappa shape index (κ3) is 2.82. The molecule has 1 atom stereocenters. The van der Waals surface area contributed by atoms with Crippen molar-refractivity contribution in [3.05, 3.63) is 41.1 Å². The zero-order valence-corrected chi connectivity index (χ0v) is 11.6. The summed E-state index contributed by atoms with van der Waals surface area (Å²) >= 11 is 0. The highest BCUT2D eigenvalue weighted by atomic mass is 16.5. The molecule has 1 aromatic carbocycles. The number of benzene rings is 1. The normalized spacial score (nSPS) is 15.7. The van der Waals surface area contributed by atoms with E-state index in [-0.39, 0.29) is 12.6 Å². The average molecular weight is 273 g/mol. The summed E-state index contributed by atoms with van der Waals surface area (Å²) in [7, 11) is 0. The summed E-state index contributed by atoms with van der Waals surface area (Å²) in [5, 5.41) is 7.79. The van der Waals surface area contributed by atoms with E-state index in [1.807, 2.05) is 13.0 Å². The van der Waals surface area contributed by atoms with E-state index in [1.165, 1.54) is 30.4 Å². The van der Waals surface area contributed by atoms with E-state index in [2.05, 4.69) is 22.3 Å². The van der Waals surface area contributed by atoms with Gasteiger partial charge in [-0.05, 0) is 55.9 Å². The van der Waals surface area contributed by atoms with Gasteiger partial charge in [-0.25, -0.2) is 0 Å². The van der Waals surface area contributed by atoms with Crippen LogP contribution in [0.15, 0.2) is 22.6 Å². The predicted molar refractivity (Wildman–Crippen MR) is 74.3 cm³/mol. The summed E-state index contributed by atoms with van der Waals surface area (Å²) in [6, 6.07) is 6.04. The monoisotopic (exact) mass is 273 g/mol. The van der Waals surface area contributed by atoms with Gasteiger partial charge in [0.15, 0.2) is 6.61 Å². The van der Waals surface area contributed by atoms with E-state index < -0.39 is 0 Å². The molecule has 3 rings (SSSR count). The Morgan fingerprint density at radius 2 is 2.05 bits per heavy atom. The van der Waals surface area contributed by atoms with Crippen LogP contribution in [0, 0.1) is 0 Å². The number of hydrogen-bond acceptors (Lipinski definition) is 5. The molecule has 0 amide bonds. The van der Waals surface area contributed by atoms with Crippen molar-refractivity contribution in [1.29, 1.82) is 0 Å². The molecule has 5 heteroatoms.